The van der Waals surface area contributed by atoms with Crippen molar-refractivity contribution in [3.8, 4) is 0 Å². The van der Waals surface area contributed by atoms with Crippen LogP contribution in [0.5, 0.6) is 0 Å². The predicted molar refractivity (Wildman–Crippen MR) is 50.7 cm³/mol. The molecule has 11 heavy (non-hydrogen) atoms. The Morgan fingerprint density at radius 1 is 1.45 bits per heavy atom. The molecule has 0 radical (unpaired) electrons. The van der Waals surface area contributed by atoms with Crippen molar-refractivity contribution in [2.24, 2.45) is 0 Å². The predicted octanol–water partition coefficient (Wildman–Crippen LogP) is 3.24. The summed E-state index contributed by atoms with van der Waals surface area (Å²) < 4.78 is 8.26. The summed E-state index contributed by atoms with van der Waals surface area (Å²) >= 11 is 3.39. The lowest BCUT2D eigenvalue weighted by molar-refractivity contribution is 1.36. The molecule has 0 aliphatic rings. The lowest BCUT2D eigenvalue weighted by Gasteiger charge is -1.87. The van der Waals surface area contributed by atoms with E-state index < -0.39 is 0 Å². The third kappa shape index (κ3) is 0.979. The Balaban J connectivity index is 2.81. The van der Waals surface area contributed by atoms with Gasteiger partial charge in [0, 0.05) is 12.3 Å². The molecule has 0 saturated heterocycles. The number of halogens is 1. The van der Waals surface area contributed by atoms with Gasteiger partial charge in [0.15, 0.2) is 0 Å². The molecule has 2 aromatic rings. The van der Waals surface area contributed by atoms with E-state index in [1.807, 2.05) is 24.3 Å². The first kappa shape index (κ1) is 5.84. The van der Waals surface area contributed by atoms with Crippen molar-refractivity contribution in [3.05, 3.63) is 34.4 Å². The van der Waals surface area contributed by atoms with E-state index in [2.05, 4.69) is 20.9 Å². The molecule has 0 amide bonds. The Labute approximate surface area is 75.0 Å². The average Bonchev–Trinajstić information content (AvgIpc) is 2.40. The zero-order valence-electron chi connectivity index (χ0n) is 6.89. The number of fused-ring (bicyclic) bond motifs is 1. The lowest BCUT2D eigenvalue weighted by Crippen LogP contribution is -1.65. The van der Waals surface area contributed by atoms with Crippen molar-refractivity contribution in [2.45, 2.75) is 6.90 Å². The molecule has 0 atom stereocenters. The van der Waals surface area contributed by atoms with Crippen LogP contribution in [-0.4, -0.2) is 4.98 Å². The van der Waals surface area contributed by atoms with E-state index in [4.69, 9.17) is 1.37 Å². The Morgan fingerprint density at radius 3 is 3.09 bits per heavy atom. The van der Waals surface area contributed by atoms with Crippen molar-refractivity contribution in [1.29, 1.82) is 0 Å². The minimum atomic E-state index is 0.310. The lowest BCUT2D eigenvalue weighted by atomic mass is 10.2. The maximum atomic E-state index is 7.33. The van der Waals surface area contributed by atoms with Crippen molar-refractivity contribution in [3.63, 3.8) is 0 Å². The average molecular weight is 211 g/mol. The summed E-state index contributed by atoms with van der Waals surface area (Å²) in [6, 6.07) is 8.01. The number of rotatable bonds is 0. The van der Waals surface area contributed by atoms with Gasteiger partial charge in [0.05, 0.1) is 4.60 Å². The molecule has 56 valence electrons. The van der Waals surface area contributed by atoms with Gasteiger partial charge in [-0.3, -0.25) is 0 Å². The summed E-state index contributed by atoms with van der Waals surface area (Å²) in [5.41, 5.74) is 2.12. The highest BCUT2D eigenvalue weighted by Gasteiger charge is 2.01. The number of aromatic nitrogens is 1. The maximum absolute atomic E-state index is 7.33. The monoisotopic (exact) mass is 210 g/mol. The molecule has 1 nitrogen and oxygen atoms in total. The molecular formula is C9H8BrN. The summed E-state index contributed by atoms with van der Waals surface area (Å²) in [5, 5.41) is 1.14. The first-order valence-corrected chi connectivity index (χ1v) is 4.16. The maximum Gasteiger partial charge on any atom is 0.0860 e. The highest BCUT2D eigenvalue weighted by molar-refractivity contribution is 9.10. The van der Waals surface area contributed by atoms with Crippen LogP contribution in [0.2, 0.25) is 0 Å². The highest BCUT2D eigenvalue weighted by Crippen LogP contribution is 2.24. The molecule has 1 aromatic heterocycles. The van der Waals surface area contributed by atoms with Crippen LogP contribution in [0, 0.1) is 6.90 Å². The molecule has 0 bridgehead atoms. The molecule has 1 N–H and O–H groups in total. The molecule has 2 rings (SSSR count). The van der Waals surface area contributed by atoms with Crippen LogP contribution < -0.4 is 0 Å². The number of hydrogen-bond acceptors (Lipinski definition) is 0. The Morgan fingerprint density at radius 2 is 2.27 bits per heavy atom. The van der Waals surface area contributed by atoms with Crippen LogP contribution >= 0.6 is 15.9 Å². The van der Waals surface area contributed by atoms with E-state index in [9.17, 15) is 0 Å². The van der Waals surface area contributed by atoms with Gasteiger partial charge in [0.1, 0.15) is 0 Å². The standard InChI is InChI=1S/C9H8BrN/c1-6-7-4-2-3-5-8(7)11-9(6)10/h2-5,11H,1H3/i1D. The van der Waals surface area contributed by atoms with Gasteiger partial charge in [-0.2, -0.15) is 0 Å². The number of benzene rings is 1. The second kappa shape index (κ2) is 2.38. The first-order chi connectivity index (χ1) is 5.83. The molecular weight excluding hydrogens is 202 g/mol. The highest BCUT2D eigenvalue weighted by atomic mass is 79.9. The third-order valence-corrected chi connectivity index (χ3v) is 2.44. The number of nitrogens with one attached hydrogen (secondary N) is 1. The van der Waals surface area contributed by atoms with Crippen LogP contribution in [0.1, 0.15) is 6.93 Å². The van der Waals surface area contributed by atoms with Gasteiger partial charge in [0.2, 0.25) is 0 Å². The molecule has 1 aromatic carbocycles. The first-order valence-electron chi connectivity index (χ1n) is 4.08. The van der Waals surface area contributed by atoms with Gasteiger partial charge in [-0.25, -0.2) is 0 Å². The minimum absolute atomic E-state index is 0.310. The summed E-state index contributed by atoms with van der Waals surface area (Å²) in [5.74, 6) is 0. The molecule has 0 aliphatic heterocycles. The van der Waals surface area contributed by atoms with Crippen LogP contribution in [-0.2, 0) is 0 Å². The van der Waals surface area contributed by atoms with Gasteiger partial charge in [-0.1, -0.05) is 18.2 Å². The molecule has 1 heterocycles. The van der Waals surface area contributed by atoms with Crippen molar-refractivity contribution in [1.82, 2.24) is 4.98 Å². The quantitative estimate of drug-likeness (QED) is 0.688. The Hall–Kier alpha value is -0.760. The van der Waals surface area contributed by atoms with E-state index in [0.717, 1.165) is 21.1 Å². The van der Waals surface area contributed by atoms with Crippen LogP contribution in [0.3, 0.4) is 0 Å². The second-order valence-corrected chi connectivity index (χ2v) is 3.26. The largest absolute Gasteiger partial charge is 0.349 e. The number of aromatic amines is 1. The topological polar surface area (TPSA) is 15.8 Å². The van der Waals surface area contributed by atoms with Crippen molar-refractivity contribution >= 4 is 26.8 Å². The molecule has 0 spiro atoms. The molecule has 0 aliphatic carbocycles. The van der Waals surface area contributed by atoms with Gasteiger partial charge in [-0.05, 0) is 34.5 Å². The van der Waals surface area contributed by atoms with E-state index in [1.54, 1.807) is 0 Å². The van der Waals surface area contributed by atoms with Crippen LogP contribution in [0.4, 0.5) is 0 Å². The smallest absolute Gasteiger partial charge is 0.0860 e. The van der Waals surface area contributed by atoms with Crippen molar-refractivity contribution < 1.29 is 1.37 Å². The fourth-order valence-corrected chi connectivity index (χ4v) is 1.59. The Bertz CT molecular complexity index is 408. The number of aryl methyl sites for hydroxylation is 1. The van der Waals surface area contributed by atoms with Gasteiger partial charge in [0.25, 0.3) is 0 Å². The van der Waals surface area contributed by atoms with Gasteiger partial charge >= 0.3 is 0 Å². The summed E-state index contributed by atoms with van der Waals surface area (Å²) in [6.07, 6.45) is 0. The van der Waals surface area contributed by atoms with E-state index >= 15 is 0 Å². The summed E-state index contributed by atoms with van der Waals surface area (Å²) in [4.78, 5) is 3.17. The molecule has 0 fully saturated rings. The van der Waals surface area contributed by atoms with E-state index in [-0.39, 0.29) is 0 Å². The summed E-state index contributed by atoms with van der Waals surface area (Å²) in [7, 11) is 0. The zero-order valence-corrected chi connectivity index (χ0v) is 7.48. The molecule has 0 unspecified atom stereocenters. The van der Waals surface area contributed by atoms with Crippen LogP contribution in [0.15, 0.2) is 28.9 Å². The fourth-order valence-electron chi connectivity index (χ4n) is 1.17. The molecule has 0 saturated carbocycles. The van der Waals surface area contributed by atoms with Gasteiger partial charge < -0.3 is 4.98 Å². The summed E-state index contributed by atoms with van der Waals surface area (Å²) in [6.45, 7) is 0.310. The SMILES string of the molecule is [2H]Cc1c(Br)[nH]c2ccccc12. The zero-order chi connectivity index (χ0) is 8.55. The normalized spacial score (nSPS) is 11.9. The van der Waals surface area contributed by atoms with E-state index in [1.165, 1.54) is 0 Å². The molecule has 2 heteroatoms. The third-order valence-electron chi connectivity index (χ3n) is 1.76. The fraction of sp³-hybridized carbons (Fsp3) is 0.111. The van der Waals surface area contributed by atoms with E-state index in [0.29, 0.717) is 6.90 Å². The van der Waals surface area contributed by atoms with Crippen molar-refractivity contribution in [2.75, 3.05) is 0 Å². The Kier molecular flexibility index (Phi) is 1.26. The number of H-pyrrole nitrogens is 1. The minimum Gasteiger partial charge on any atom is -0.349 e. The van der Waals surface area contributed by atoms with Crippen LogP contribution in [0.25, 0.3) is 10.9 Å². The second-order valence-electron chi connectivity index (χ2n) is 2.46. The number of hydrogen-bond donors (Lipinski definition) is 1. The number of para-hydroxylation sites is 1. The van der Waals surface area contributed by atoms with Gasteiger partial charge in [-0.15, -0.1) is 0 Å².